The Morgan fingerprint density at radius 3 is 2.55 bits per heavy atom. The zero-order chi connectivity index (χ0) is 21.8. The number of nitrogens with one attached hydrogen (secondary N) is 2. The first-order valence-corrected chi connectivity index (χ1v) is 11.8. The summed E-state index contributed by atoms with van der Waals surface area (Å²) in [5.74, 6) is -0.398. The molecule has 0 unspecified atom stereocenters. The van der Waals surface area contributed by atoms with Crippen molar-refractivity contribution in [3.05, 3.63) is 89.8 Å². The van der Waals surface area contributed by atoms with Crippen molar-refractivity contribution in [1.29, 1.82) is 0 Å². The van der Waals surface area contributed by atoms with Gasteiger partial charge in [-0.05, 0) is 49.1 Å². The summed E-state index contributed by atoms with van der Waals surface area (Å²) in [5.41, 5.74) is 4.68. The van der Waals surface area contributed by atoms with Crippen LogP contribution in [0.5, 0.6) is 0 Å². The second-order valence-corrected chi connectivity index (χ2v) is 9.23. The maximum Gasteiger partial charge on any atom is 0.276 e. The van der Waals surface area contributed by atoms with Crippen molar-refractivity contribution >= 4 is 21.6 Å². The average Bonchev–Trinajstić information content (AvgIpc) is 3.37. The van der Waals surface area contributed by atoms with Gasteiger partial charge in [0.25, 0.3) is 5.91 Å². The Labute approximate surface area is 181 Å². The summed E-state index contributed by atoms with van der Waals surface area (Å²) in [5, 5.41) is 7.49. The smallest absolute Gasteiger partial charge is 0.276 e. The molecule has 0 fully saturated rings. The number of anilines is 1. The van der Waals surface area contributed by atoms with Crippen LogP contribution < -0.4 is 10.0 Å². The van der Waals surface area contributed by atoms with Crippen LogP contribution in [0.4, 0.5) is 5.69 Å². The molecular formula is C23H24N4O3S. The highest BCUT2D eigenvalue weighted by Gasteiger charge is 2.27. The zero-order valence-corrected chi connectivity index (χ0v) is 17.9. The highest BCUT2D eigenvalue weighted by atomic mass is 32.2. The van der Waals surface area contributed by atoms with Crippen molar-refractivity contribution in [2.75, 3.05) is 11.9 Å². The third-order valence-corrected chi connectivity index (χ3v) is 6.48. The number of benzene rings is 2. The Morgan fingerprint density at radius 1 is 1.10 bits per heavy atom. The number of hydrogen-bond donors (Lipinski definition) is 2. The summed E-state index contributed by atoms with van der Waals surface area (Å²) in [4.78, 5) is 12.9. The van der Waals surface area contributed by atoms with Gasteiger partial charge in [0.1, 0.15) is 0 Å². The quantitative estimate of drug-likeness (QED) is 0.530. The third kappa shape index (κ3) is 4.76. The molecule has 8 heteroatoms. The number of rotatable bonds is 8. The van der Waals surface area contributed by atoms with E-state index < -0.39 is 10.0 Å². The normalized spacial score (nSPS) is 13.0. The fraction of sp³-hybridized carbons (Fsp3) is 0.217. The van der Waals surface area contributed by atoms with Gasteiger partial charge in [0.2, 0.25) is 10.0 Å². The summed E-state index contributed by atoms with van der Waals surface area (Å²) in [6.07, 6.45) is 4.22. The Hall–Kier alpha value is -3.23. The lowest BCUT2D eigenvalue weighted by molar-refractivity contribution is 0.102. The number of sulfonamides is 1. The summed E-state index contributed by atoms with van der Waals surface area (Å²) in [7, 11) is -3.43. The van der Waals surface area contributed by atoms with Crippen LogP contribution in [0.3, 0.4) is 0 Å². The number of carbonyl (C=O) groups is 1. The molecule has 4 rings (SSSR count). The minimum Gasteiger partial charge on any atom is -0.321 e. The second kappa shape index (κ2) is 8.87. The number of hydrogen-bond acceptors (Lipinski definition) is 4. The van der Waals surface area contributed by atoms with Crippen LogP contribution in [-0.2, 0) is 28.6 Å². The molecule has 0 bridgehead atoms. The molecule has 0 atom stereocenters. The van der Waals surface area contributed by atoms with Gasteiger partial charge in [-0.1, -0.05) is 36.4 Å². The minimum atomic E-state index is -3.43. The van der Waals surface area contributed by atoms with Gasteiger partial charge in [0.15, 0.2) is 5.69 Å². The van der Waals surface area contributed by atoms with Gasteiger partial charge in [-0.2, -0.15) is 5.10 Å². The maximum absolute atomic E-state index is 12.9. The van der Waals surface area contributed by atoms with E-state index in [-0.39, 0.29) is 18.2 Å². The first-order valence-electron chi connectivity index (χ1n) is 10.1. The van der Waals surface area contributed by atoms with Crippen molar-refractivity contribution < 1.29 is 13.2 Å². The van der Waals surface area contributed by atoms with Crippen molar-refractivity contribution in [2.24, 2.45) is 0 Å². The highest BCUT2D eigenvalue weighted by Crippen LogP contribution is 2.28. The van der Waals surface area contributed by atoms with Crippen LogP contribution in [0, 0.1) is 0 Å². The monoisotopic (exact) mass is 436 g/mol. The van der Waals surface area contributed by atoms with E-state index in [1.807, 2.05) is 35.0 Å². The molecule has 0 spiro atoms. The molecule has 0 saturated heterocycles. The van der Waals surface area contributed by atoms with Gasteiger partial charge >= 0.3 is 0 Å². The SMILES string of the molecule is C=CCNS(=O)(=O)Cc1ccc(NC(=O)c2nn(-c3ccccc3)c3c2CCC3)cc1. The molecule has 7 nitrogen and oxygen atoms in total. The standard InChI is InChI=1S/C23H24N4O3S/c1-2-15-24-31(29,30)16-17-11-13-18(14-12-17)25-23(28)22-20-9-6-10-21(20)27(26-22)19-7-4-3-5-8-19/h2-5,7-8,11-14,24H,1,6,9-10,15-16H2,(H,25,28). The van der Waals surface area contributed by atoms with Crippen LogP contribution >= 0.6 is 0 Å². The lowest BCUT2D eigenvalue weighted by atomic mass is 10.2. The lowest BCUT2D eigenvalue weighted by Gasteiger charge is -2.07. The zero-order valence-electron chi connectivity index (χ0n) is 17.0. The van der Waals surface area contributed by atoms with E-state index in [1.165, 1.54) is 6.08 Å². The number of fused-ring (bicyclic) bond motifs is 1. The highest BCUT2D eigenvalue weighted by molar-refractivity contribution is 7.88. The molecule has 0 radical (unpaired) electrons. The number of nitrogens with zero attached hydrogens (tertiary/aromatic N) is 2. The van der Waals surface area contributed by atoms with E-state index in [4.69, 9.17) is 0 Å². The second-order valence-electron chi connectivity index (χ2n) is 7.42. The predicted molar refractivity (Wildman–Crippen MR) is 121 cm³/mol. The molecular weight excluding hydrogens is 412 g/mol. The molecule has 1 heterocycles. The molecule has 1 amide bonds. The van der Waals surface area contributed by atoms with E-state index in [1.54, 1.807) is 24.3 Å². The molecule has 2 N–H and O–H groups in total. The topological polar surface area (TPSA) is 93.1 Å². The average molecular weight is 437 g/mol. The van der Waals surface area contributed by atoms with Crippen molar-refractivity contribution in [1.82, 2.24) is 14.5 Å². The fourth-order valence-corrected chi connectivity index (χ4v) is 4.84. The summed E-state index contributed by atoms with van der Waals surface area (Å²) < 4.78 is 28.3. The van der Waals surface area contributed by atoms with Crippen LogP contribution in [-0.4, -0.2) is 30.7 Å². The molecule has 160 valence electrons. The van der Waals surface area contributed by atoms with Gasteiger partial charge in [-0.25, -0.2) is 17.8 Å². The molecule has 2 aromatic carbocycles. The first-order chi connectivity index (χ1) is 15.0. The fourth-order valence-electron chi connectivity index (χ4n) is 3.73. The van der Waals surface area contributed by atoms with Crippen molar-refractivity contribution in [3.63, 3.8) is 0 Å². The number of amides is 1. The molecule has 3 aromatic rings. The molecule has 0 aliphatic heterocycles. The van der Waals surface area contributed by atoms with Crippen molar-refractivity contribution in [2.45, 2.75) is 25.0 Å². The van der Waals surface area contributed by atoms with Gasteiger partial charge in [0, 0.05) is 23.5 Å². The van der Waals surface area contributed by atoms with E-state index in [2.05, 4.69) is 21.7 Å². The largest absolute Gasteiger partial charge is 0.321 e. The van der Waals surface area contributed by atoms with E-state index in [9.17, 15) is 13.2 Å². The van der Waals surface area contributed by atoms with Crippen LogP contribution in [0.2, 0.25) is 0 Å². The summed E-state index contributed by atoms with van der Waals surface area (Å²) in [6.45, 7) is 3.69. The van der Waals surface area contributed by atoms with E-state index in [0.29, 0.717) is 16.9 Å². The molecule has 0 saturated carbocycles. The van der Waals surface area contributed by atoms with Gasteiger partial charge in [-0.3, -0.25) is 4.79 Å². The van der Waals surface area contributed by atoms with Crippen LogP contribution in [0.1, 0.15) is 33.7 Å². The Balaban J connectivity index is 1.50. The Bertz CT molecular complexity index is 1200. The lowest BCUT2D eigenvalue weighted by Crippen LogP contribution is -2.25. The molecule has 1 aliphatic carbocycles. The number of aromatic nitrogens is 2. The molecule has 1 aliphatic rings. The van der Waals surface area contributed by atoms with Crippen LogP contribution in [0.15, 0.2) is 67.3 Å². The van der Waals surface area contributed by atoms with E-state index in [0.717, 1.165) is 36.2 Å². The van der Waals surface area contributed by atoms with Gasteiger partial charge in [0.05, 0.1) is 11.4 Å². The number of carbonyl (C=O) groups excluding carboxylic acids is 1. The predicted octanol–water partition coefficient (Wildman–Crippen LogP) is 3.22. The van der Waals surface area contributed by atoms with Crippen molar-refractivity contribution in [3.8, 4) is 5.69 Å². The van der Waals surface area contributed by atoms with Gasteiger partial charge in [-0.15, -0.1) is 6.58 Å². The molecule has 1 aromatic heterocycles. The van der Waals surface area contributed by atoms with E-state index >= 15 is 0 Å². The van der Waals surface area contributed by atoms with Crippen LogP contribution in [0.25, 0.3) is 5.69 Å². The minimum absolute atomic E-state index is 0.135. The third-order valence-electron chi connectivity index (χ3n) is 5.16. The summed E-state index contributed by atoms with van der Waals surface area (Å²) >= 11 is 0. The van der Waals surface area contributed by atoms with Gasteiger partial charge < -0.3 is 5.32 Å². The Kier molecular flexibility index (Phi) is 6.01. The first kappa shape index (κ1) is 21.0. The maximum atomic E-state index is 12.9. The number of para-hydroxylation sites is 1. The molecule has 31 heavy (non-hydrogen) atoms. The Morgan fingerprint density at radius 2 is 1.84 bits per heavy atom. The summed E-state index contributed by atoms with van der Waals surface area (Å²) in [6, 6.07) is 16.6.